The molecule has 0 saturated carbocycles. The van der Waals surface area contributed by atoms with Gasteiger partial charge in [-0.25, -0.2) is 4.98 Å². The van der Waals surface area contributed by atoms with Crippen LogP contribution in [0, 0.1) is 0 Å². The number of aromatic nitrogens is 3. The van der Waals surface area contributed by atoms with Crippen molar-refractivity contribution in [1.29, 1.82) is 0 Å². The molecule has 0 saturated heterocycles. The Kier molecular flexibility index (Phi) is 4.03. The number of pyridine rings is 1. The lowest BCUT2D eigenvalue weighted by Crippen LogP contribution is -2.00. The molecular weight excluding hydrogens is 400 g/mol. The number of fused-ring (bicyclic) bond motifs is 1. The summed E-state index contributed by atoms with van der Waals surface area (Å²) < 4.78 is 6.81. The van der Waals surface area contributed by atoms with Crippen LogP contribution < -0.4 is 10.1 Å². The number of anilines is 2. The van der Waals surface area contributed by atoms with Gasteiger partial charge in [0.05, 0.1) is 29.0 Å². The second kappa shape index (κ2) is 5.95. The van der Waals surface area contributed by atoms with Gasteiger partial charge in [-0.2, -0.15) is 4.98 Å². The van der Waals surface area contributed by atoms with Gasteiger partial charge >= 0.3 is 0 Å². The number of para-hydroxylation sites is 1. The van der Waals surface area contributed by atoms with Gasteiger partial charge in [0.15, 0.2) is 0 Å². The molecule has 0 aliphatic carbocycles. The predicted octanol–water partition coefficient (Wildman–Crippen LogP) is 4.30. The van der Waals surface area contributed by atoms with Crippen molar-refractivity contribution in [3.8, 4) is 5.88 Å². The largest absolute Gasteiger partial charge is 0.480 e. The Morgan fingerprint density at radius 2 is 2.00 bits per heavy atom. The Labute approximate surface area is 138 Å². The van der Waals surface area contributed by atoms with Crippen LogP contribution in [-0.4, -0.2) is 22.1 Å². The monoisotopic (exact) mass is 408 g/mol. The number of benzene rings is 1. The lowest BCUT2D eigenvalue weighted by molar-refractivity contribution is 0.394. The van der Waals surface area contributed by atoms with E-state index in [0.29, 0.717) is 16.3 Å². The second-order valence-electron chi connectivity index (χ2n) is 4.21. The zero-order valence-electron chi connectivity index (χ0n) is 11.0. The van der Waals surface area contributed by atoms with Crippen LogP contribution in [0.2, 0.25) is 0 Å². The molecule has 5 nitrogen and oxygen atoms in total. The average molecular weight is 410 g/mol. The molecule has 0 atom stereocenters. The number of nitrogens with zero attached hydrogens (tertiary/aromatic N) is 3. The molecule has 2 heterocycles. The van der Waals surface area contributed by atoms with Crippen LogP contribution in [0.25, 0.3) is 10.9 Å². The molecule has 0 aliphatic heterocycles. The van der Waals surface area contributed by atoms with Crippen molar-refractivity contribution >= 4 is 54.4 Å². The smallest absolute Gasteiger partial charge is 0.232 e. The van der Waals surface area contributed by atoms with E-state index in [1.54, 1.807) is 19.5 Å². The quantitative estimate of drug-likeness (QED) is 0.698. The summed E-state index contributed by atoms with van der Waals surface area (Å²) in [5, 5.41) is 4.19. The molecule has 0 fully saturated rings. The highest BCUT2D eigenvalue weighted by molar-refractivity contribution is 9.10. The van der Waals surface area contributed by atoms with E-state index in [4.69, 9.17) is 4.74 Å². The summed E-state index contributed by atoms with van der Waals surface area (Å²) in [4.78, 5) is 12.9. The highest BCUT2D eigenvalue weighted by Gasteiger charge is 2.08. The van der Waals surface area contributed by atoms with Crippen molar-refractivity contribution in [2.45, 2.75) is 0 Å². The summed E-state index contributed by atoms with van der Waals surface area (Å²) >= 11 is 6.75. The topological polar surface area (TPSA) is 59.9 Å². The molecule has 1 N–H and O–H groups in total. The number of halogens is 2. The maximum absolute atomic E-state index is 5.17. The Morgan fingerprint density at radius 1 is 1.14 bits per heavy atom. The van der Waals surface area contributed by atoms with E-state index in [9.17, 15) is 0 Å². The lowest BCUT2D eigenvalue weighted by Gasteiger charge is -2.09. The third-order valence-electron chi connectivity index (χ3n) is 2.83. The van der Waals surface area contributed by atoms with Gasteiger partial charge < -0.3 is 10.1 Å². The minimum atomic E-state index is 0.451. The van der Waals surface area contributed by atoms with Crippen molar-refractivity contribution in [2.24, 2.45) is 0 Å². The molecular formula is C14H10Br2N4O. The molecule has 0 amide bonds. The Hall–Kier alpha value is -1.73. The average Bonchev–Trinajstić information content (AvgIpc) is 2.49. The molecule has 0 aliphatic rings. The fourth-order valence-corrected chi connectivity index (χ4v) is 2.61. The number of nitrogens with one attached hydrogen (secondary N) is 1. The van der Waals surface area contributed by atoms with Gasteiger partial charge in [-0.3, -0.25) is 4.98 Å². The van der Waals surface area contributed by atoms with Crippen molar-refractivity contribution < 1.29 is 4.74 Å². The minimum Gasteiger partial charge on any atom is -0.480 e. The first-order valence-electron chi connectivity index (χ1n) is 6.05. The van der Waals surface area contributed by atoms with Crippen molar-refractivity contribution in [2.75, 3.05) is 12.4 Å². The molecule has 0 spiro atoms. The molecule has 0 radical (unpaired) electrons. The van der Waals surface area contributed by atoms with Crippen LogP contribution in [0.3, 0.4) is 0 Å². The van der Waals surface area contributed by atoms with E-state index >= 15 is 0 Å². The zero-order chi connectivity index (χ0) is 14.8. The van der Waals surface area contributed by atoms with E-state index in [2.05, 4.69) is 52.1 Å². The number of rotatable bonds is 3. The molecule has 2 aromatic heterocycles. The summed E-state index contributed by atoms with van der Waals surface area (Å²) in [5.41, 5.74) is 1.69. The molecule has 21 heavy (non-hydrogen) atoms. The van der Waals surface area contributed by atoms with E-state index in [1.165, 1.54) is 0 Å². The highest BCUT2D eigenvalue weighted by Crippen LogP contribution is 2.27. The third kappa shape index (κ3) is 2.98. The summed E-state index contributed by atoms with van der Waals surface area (Å²) in [5.74, 6) is 0.927. The van der Waals surface area contributed by atoms with E-state index in [1.807, 2.05) is 24.3 Å². The Morgan fingerprint density at radius 3 is 2.81 bits per heavy atom. The van der Waals surface area contributed by atoms with E-state index in [-0.39, 0.29) is 0 Å². The molecule has 0 unspecified atom stereocenters. The van der Waals surface area contributed by atoms with Crippen LogP contribution in [0.4, 0.5) is 11.6 Å². The summed E-state index contributed by atoms with van der Waals surface area (Å²) in [6.45, 7) is 0. The first-order valence-corrected chi connectivity index (χ1v) is 7.64. The molecule has 3 aromatic rings. The SMILES string of the molecule is COc1nc(Nc2cccc3cc(Br)cnc23)ncc1Br. The third-order valence-corrected chi connectivity index (χ3v) is 3.81. The molecule has 1 aromatic carbocycles. The van der Waals surface area contributed by atoms with Crippen molar-refractivity contribution in [3.05, 3.63) is 45.6 Å². The number of hydrogen-bond donors (Lipinski definition) is 1. The lowest BCUT2D eigenvalue weighted by atomic mass is 10.2. The van der Waals surface area contributed by atoms with Gasteiger partial charge in [-0.15, -0.1) is 0 Å². The Balaban J connectivity index is 2.02. The van der Waals surface area contributed by atoms with Crippen molar-refractivity contribution in [3.63, 3.8) is 0 Å². The van der Waals surface area contributed by atoms with E-state index < -0.39 is 0 Å². The highest BCUT2D eigenvalue weighted by atomic mass is 79.9. The van der Waals surface area contributed by atoms with Crippen LogP contribution in [0.1, 0.15) is 0 Å². The fraction of sp³-hybridized carbons (Fsp3) is 0.0714. The number of hydrogen-bond acceptors (Lipinski definition) is 5. The van der Waals surface area contributed by atoms with Gasteiger partial charge in [-0.05, 0) is 44.0 Å². The molecule has 7 heteroatoms. The van der Waals surface area contributed by atoms with Gasteiger partial charge in [0.2, 0.25) is 11.8 Å². The summed E-state index contributed by atoms with van der Waals surface area (Å²) in [6, 6.07) is 7.90. The van der Waals surface area contributed by atoms with Gasteiger partial charge in [0.25, 0.3) is 0 Å². The zero-order valence-corrected chi connectivity index (χ0v) is 14.1. The van der Waals surface area contributed by atoms with Crippen LogP contribution >= 0.6 is 31.9 Å². The molecule has 3 rings (SSSR count). The maximum atomic E-state index is 5.17. The standard InChI is InChI=1S/C14H10Br2N4O/c1-21-13-10(16)7-18-14(20-13)19-11-4-2-3-8-5-9(15)6-17-12(8)11/h2-7H,1H3,(H,18,19,20). The predicted molar refractivity (Wildman–Crippen MR) is 89.0 cm³/mol. The second-order valence-corrected chi connectivity index (χ2v) is 5.98. The van der Waals surface area contributed by atoms with Gasteiger partial charge in [-0.1, -0.05) is 12.1 Å². The number of ether oxygens (including phenoxy) is 1. The fourth-order valence-electron chi connectivity index (χ4n) is 1.91. The first kappa shape index (κ1) is 14.2. The van der Waals surface area contributed by atoms with E-state index in [0.717, 1.165) is 21.1 Å². The molecule has 0 bridgehead atoms. The van der Waals surface area contributed by atoms with Crippen LogP contribution in [-0.2, 0) is 0 Å². The normalized spacial score (nSPS) is 10.6. The maximum Gasteiger partial charge on any atom is 0.232 e. The van der Waals surface area contributed by atoms with Crippen LogP contribution in [0.5, 0.6) is 5.88 Å². The molecule has 106 valence electrons. The first-order chi connectivity index (χ1) is 10.2. The number of methoxy groups -OCH3 is 1. The van der Waals surface area contributed by atoms with Crippen LogP contribution in [0.15, 0.2) is 45.6 Å². The summed E-state index contributed by atoms with van der Waals surface area (Å²) in [7, 11) is 1.56. The van der Waals surface area contributed by atoms with Gasteiger partial charge in [0.1, 0.15) is 0 Å². The van der Waals surface area contributed by atoms with Gasteiger partial charge in [0, 0.05) is 16.1 Å². The summed E-state index contributed by atoms with van der Waals surface area (Å²) in [6.07, 6.45) is 3.40. The Bertz CT molecular complexity index is 810. The minimum absolute atomic E-state index is 0.451. The van der Waals surface area contributed by atoms with Crippen molar-refractivity contribution in [1.82, 2.24) is 15.0 Å².